The van der Waals surface area contributed by atoms with Crippen molar-refractivity contribution in [2.75, 3.05) is 20.1 Å². The van der Waals surface area contributed by atoms with Crippen molar-refractivity contribution in [2.45, 2.75) is 57.7 Å². The first kappa shape index (κ1) is 14.1. The Morgan fingerprint density at radius 3 is 2.90 bits per heavy atom. The fourth-order valence-electron chi connectivity index (χ4n) is 3.80. The lowest BCUT2D eigenvalue weighted by Gasteiger charge is -2.42. The van der Waals surface area contributed by atoms with Gasteiger partial charge in [-0.1, -0.05) is 6.92 Å². The summed E-state index contributed by atoms with van der Waals surface area (Å²) in [7, 11) is 2.08. The van der Waals surface area contributed by atoms with Gasteiger partial charge in [-0.2, -0.15) is 5.10 Å². The van der Waals surface area contributed by atoms with E-state index in [1.165, 1.54) is 37.9 Å². The van der Waals surface area contributed by atoms with Gasteiger partial charge in [-0.3, -0.25) is 9.58 Å². The molecule has 0 amide bonds. The molecule has 2 aliphatic rings. The minimum Gasteiger partial charge on any atom is -0.319 e. The Hall–Kier alpha value is -0.870. The molecule has 4 heteroatoms. The predicted molar refractivity (Wildman–Crippen MR) is 81.6 cm³/mol. The average molecular weight is 276 g/mol. The third kappa shape index (κ3) is 2.77. The summed E-state index contributed by atoms with van der Waals surface area (Å²) in [5, 5.41) is 7.96. The average Bonchev–Trinajstić information content (AvgIpc) is 3.20. The number of likely N-dealkylation sites (tertiary alicyclic amines) is 1. The molecule has 112 valence electrons. The standard InChI is InChI=1S/C16H28N4/c1-3-10-20-15(8-9-18-20)16-13(12-17-2)5-4-11-19(16)14-6-7-14/h8-9,13-14,16-17H,3-7,10-12H2,1-2H3. The van der Waals surface area contributed by atoms with E-state index in [0.29, 0.717) is 6.04 Å². The quantitative estimate of drug-likeness (QED) is 0.866. The van der Waals surface area contributed by atoms with Crippen molar-refractivity contribution in [1.29, 1.82) is 0 Å². The molecule has 1 saturated carbocycles. The summed E-state index contributed by atoms with van der Waals surface area (Å²) in [5.41, 5.74) is 1.44. The van der Waals surface area contributed by atoms with Crippen molar-refractivity contribution in [3.05, 3.63) is 18.0 Å². The zero-order valence-electron chi connectivity index (χ0n) is 12.9. The minimum atomic E-state index is 0.567. The molecule has 4 nitrogen and oxygen atoms in total. The highest BCUT2D eigenvalue weighted by Gasteiger charge is 2.41. The monoisotopic (exact) mass is 276 g/mol. The van der Waals surface area contributed by atoms with Crippen molar-refractivity contribution in [1.82, 2.24) is 20.0 Å². The summed E-state index contributed by atoms with van der Waals surface area (Å²) < 4.78 is 2.24. The third-order valence-electron chi connectivity index (χ3n) is 4.77. The third-order valence-corrected chi connectivity index (χ3v) is 4.77. The van der Waals surface area contributed by atoms with Crippen LogP contribution in [0.1, 0.15) is 50.8 Å². The fraction of sp³-hybridized carbons (Fsp3) is 0.812. The van der Waals surface area contributed by atoms with E-state index in [1.807, 2.05) is 6.20 Å². The van der Waals surface area contributed by atoms with Crippen molar-refractivity contribution in [3.63, 3.8) is 0 Å². The summed E-state index contributed by atoms with van der Waals surface area (Å²) in [6.07, 6.45) is 8.62. The van der Waals surface area contributed by atoms with Gasteiger partial charge >= 0.3 is 0 Å². The van der Waals surface area contributed by atoms with Gasteiger partial charge in [0, 0.05) is 18.8 Å². The highest BCUT2D eigenvalue weighted by molar-refractivity contribution is 5.12. The van der Waals surface area contributed by atoms with Gasteiger partial charge in [0.15, 0.2) is 0 Å². The maximum Gasteiger partial charge on any atom is 0.0560 e. The lowest BCUT2D eigenvalue weighted by Crippen LogP contribution is -2.44. The van der Waals surface area contributed by atoms with E-state index in [2.05, 4.69) is 40.0 Å². The molecule has 1 aliphatic carbocycles. The van der Waals surface area contributed by atoms with Crippen LogP contribution < -0.4 is 5.32 Å². The Kier molecular flexibility index (Phi) is 4.41. The number of hydrogen-bond acceptors (Lipinski definition) is 3. The Morgan fingerprint density at radius 2 is 2.20 bits per heavy atom. The summed E-state index contributed by atoms with van der Waals surface area (Å²) in [4.78, 5) is 2.77. The molecule has 2 fully saturated rings. The summed E-state index contributed by atoms with van der Waals surface area (Å²) in [6, 6.07) is 3.66. The molecule has 1 saturated heterocycles. The molecular formula is C16H28N4. The van der Waals surface area contributed by atoms with Crippen LogP contribution in [-0.4, -0.2) is 40.9 Å². The largest absolute Gasteiger partial charge is 0.319 e. The van der Waals surface area contributed by atoms with Crippen LogP contribution in [0, 0.1) is 5.92 Å². The number of aromatic nitrogens is 2. The van der Waals surface area contributed by atoms with Crippen LogP contribution in [0.15, 0.2) is 12.3 Å². The first-order chi connectivity index (χ1) is 9.85. The Morgan fingerprint density at radius 1 is 1.35 bits per heavy atom. The van der Waals surface area contributed by atoms with Crippen molar-refractivity contribution >= 4 is 0 Å². The van der Waals surface area contributed by atoms with E-state index in [0.717, 1.165) is 31.5 Å². The molecule has 1 N–H and O–H groups in total. The van der Waals surface area contributed by atoms with E-state index < -0.39 is 0 Å². The molecule has 0 spiro atoms. The molecule has 0 bridgehead atoms. The first-order valence-corrected chi connectivity index (χ1v) is 8.27. The molecule has 0 radical (unpaired) electrons. The molecule has 3 rings (SSSR count). The topological polar surface area (TPSA) is 33.1 Å². The molecule has 1 aromatic heterocycles. The molecule has 1 aliphatic heterocycles. The van der Waals surface area contributed by atoms with Crippen molar-refractivity contribution in [3.8, 4) is 0 Å². The maximum absolute atomic E-state index is 4.56. The van der Waals surface area contributed by atoms with Crippen LogP contribution in [-0.2, 0) is 6.54 Å². The second kappa shape index (κ2) is 6.27. The number of hydrogen-bond donors (Lipinski definition) is 1. The van der Waals surface area contributed by atoms with E-state index in [9.17, 15) is 0 Å². The van der Waals surface area contributed by atoms with Gasteiger partial charge in [0.1, 0.15) is 0 Å². The smallest absolute Gasteiger partial charge is 0.0560 e. The van der Waals surface area contributed by atoms with Gasteiger partial charge in [0.2, 0.25) is 0 Å². The van der Waals surface area contributed by atoms with Gasteiger partial charge in [-0.15, -0.1) is 0 Å². The molecule has 2 heterocycles. The molecule has 1 aromatic rings. The second-order valence-corrected chi connectivity index (χ2v) is 6.35. The van der Waals surface area contributed by atoms with Crippen molar-refractivity contribution < 1.29 is 0 Å². The summed E-state index contributed by atoms with van der Waals surface area (Å²) >= 11 is 0. The van der Waals surface area contributed by atoms with Crippen LogP contribution in [0.25, 0.3) is 0 Å². The van der Waals surface area contributed by atoms with Gasteiger partial charge < -0.3 is 5.32 Å². The van der Waals surface area contributed by atoms with Crippen LogP contribution in [0.2, 0.25) is 0 Å². The molecule has 2 unspecified atom stereocenters. The number of nitrogens with one attached hydrogen (secondary N) is 1. The van der Waals surface area contributed by atoms with Gasteiger partial charge in [0.25, 0.3) is 0 Å². The number of rotatable bonds is 6. The molecular weight excluding hydrogens is 248 g/mol. The highest BCUT2D eigenvalue weighted by Crippen LogP contribution is 2.42. The van der Waals surface area contributed by atoms with Gasteiger partial charge in [-0.25, -0.2) is 0 Å². The number of aryl methyl sites for hydroxylation is 1. The van der Waals surface area contributed by atoms with Crippen LogP contribution in [0.5, 0.6) is 0 Å². The predicted octanol–water partition coefficient (Wildman–Crippen LogP) is 2.43. The van der Waals surface area contributed by atoms with E-state index in [-0.39, 0.29) is 0 Å². The normalized spacial score (nSPS) is 27.9. The summed E-state index contributed by atoms with van der Waals surface area (Å²) in [5.74, 6) is 0.724. The Labute approximate surface area is 122 Å². The van der Waals surface area contributed by atoms with Crippen LogP contribution >= 0.6 is 0 Å². The van der Waals surface area contributed by atoms with Crippen LogP contribution in [0.4, 0.5) is 0 Å². The van der Waals surface area contributed by atoms with Crippen molar-refractivity contribution in [2.24, 2.45) is 5.92 Å². The van der Waals surface area contributed by atoms with E-state index in [4.69, 9.17) is 0 Å². The fourth-order valence-corrected chi connectivity index (χ4v) is 3.80. The maximum atomic E-state index is 4.56. The Balaban J connectivity index is 1.87. The zero-order chi connectivity index (χ0) is 13.9. The van der Waals surface area contributed by atoms with Gasteiger partial charge in [-0.05, 0) is 64.2 Å². The Bertz CT molecular complexity index is 422. The number of piperidine rings is 1. The lowest BCUT2D eigenvalue weighted by atomic mass is 9.86. The minimum absolute atomic E-state index is 0.567. The molecule has 20 heavy (non-hydrogen) atoms. The molecule has 2 atom stereocenters. The van der Waals surface area contributed by atoms with Gasteiger partial charge in [0.05, 0.1) is 11.7 Å². The molecule has 0 aromatic carbocycles. The SMILES string of the molecule is CCCn1nccc1C1C(CNC)CCCN1C1CC1. The van der Waals surface area contributed by atoms with E-state index in [1.54, 1.807) is 0 Å². The lowest BCUT2D eigenvalue weighted by molar-refractivity contribution is 0.0780. The second-order valence-electron chi connectivity index (χ2n) is 6.35. The highest BCUT2D eigenvalue weighted by atomic mass is 15.3. The first-order valence-electron chi connectivity index (χ1n) is 8.27. The van der Waals surface area contributed by atoms with E-state index >= 15 is 0 Å². The summed E-state index contributed by atoms with van der Waals surface area (Å²) in [6.45, 7) is 5.66. The number of nitrogens with zero attached hydrogens (tertiary/aromatic N) is 3. The zero-order valence-corrected chi connectivity index (χ0v) is 12.9. The van der Waals surface area contributed by atoms with Crippen LogP contribution in [0.3, 0.4) is 0 Å².